The van der Waals surface area contributed by atoms with Crippen molar-refractivity contribution in [3.8, 4) is 17.2 Å². The highest BCUT2D eigenvalue weighted by Gasteiger charge is 2.36. The van der Waals surface area contributed by atoms with Gasteiger partial charge in [-0.05, 0) is 67.3 Å². The third-order valence-electron chi connectivity index (χ3n) is 9.00. The minimum atomic E-state index is -4.28. The molecular weight excluding hydrogens is 655 g/mol. The van der Waals surface area contributed by atoms with Gasteiger partial charge >= 0.3 is 0 Å². The Morgan fingerprint density at radius 3 is 2.14 bits per heavy atom. The van der Waals surface area contributed by atoms with E-state index in [1.54, 1.807) is 37.4 Å². The number of carbonyl (C=O) groups excluding carboxylic acids is 2. The molecule has 1 aliphatic rings. The monoisotopic (exact) mass is 699 g/mol. The van der Waals surface area contributed by atoms with Crippen LogP contribution in [0, 0.1) is 6.92 Å². The second-order valence-electron chi connectivity index (χ2n) is 12.4. The van der Waals surface area contributed by atoms with Crippen LogP contribution in [-0.2, 0) is 32.6 Å². The van der Waals surface area contributed by atoms with Gasteiger partial charge in [-0.15, -0.1) is 0 Å². The predicted octanol–water partition coefficient (Wildman–Crippen LogP) is 5.92. The lowest BCUT2D eigenvalue weighted by atomic mass is 10.0. The Morgan fingerprint density at radius 2 is 1.48 bits per heavy atom. The van der Waals surface area contributed by atoms with Crippen molar-refractivity contribution in [2.24, 2.45) is 0 Å². The van der Waals surface area contributed by atoms with Gasteiger partial charge in [0.2, 0.25) is 11.8 Å². The number of ether oxygens (including phenoxy) is 3. The maximum Gasteiger partial charge on any atom is 0.264 e. The maximum atomic E-state index is 14.8. The van der Waals surface area contributed by atoms with Crippen LogP contribution in [0.5, 0.6) is 17.2 Å². The van der Waals surface area contributed by atoms with Gasteiger partial charge in [0.15, 0.2) is 11.5 Å². The molecule has 4 aromatic rings. The van der Waals surface area contributed by atoms with Crippen LogP contribution in [0.4, 0.5) is 5.69 Å². The second-order valence-corrected chi connectivity index (χ2v) is 14.3. The molecule has 264 valence electrons. The Bertz CT molecular complexity index is 1860. The van der Waals surface area contributed by atoms with E-state index in [9.17, 15) is 18.0 Å². The molecule has 2 amide bonds. The Balaban J connectivity index is 1.60. The first-order valence-electron chi connectivity index (χ1n) is 16.7. The number of sulfonamides is 1. The molecule has 0 saturated heterocycles. The number of nitrogens with zero attached hydrogens (tertiary/aromatic N) is 2. The highest BCUT2D eigenvalue weighted by atomic mass is 32.2. The molecule has 0 unspecified atom stereocenters. The first kappa shape index (κ1) is 36.3. The van der Waals surface area contributed by atoms with Crippen LogP contribution in [-0.4, -0.2) is 65.1 Å². The van der Waals surface area contributed by atoms with Gasteiger partial charge in [-0.3, -0.25) is 13.9 Å². The van der Waals surface area contributed by atoms with Crippen molar-refractivity contribution < 1.29 is 32.2 Å². The normalized spacial score (nSPS) is 13.7. The number of benzene rings is 4. The van der Waals surface area contributed by atoms with Crippen LogP contribution in [0.25, 0.3) is 0 Å². The summed E-state index contributed by atoms with van der Waals surface area (Å²) in [5, 5.41) is 3.20. The van der Waals surface area contributed by atoms with Gasteiger partial charge in [0.05, 0.1) is 31.9 Å². The molecule has 10 nitrogen and oxygen atoms in total. The quantitative estimate of drug-likeness (QED) is 0.164. The van der Waals surface area contributed by atoms with Crippen LogP contribution >= 0.6 is 0 Å². The lowest BCUT2D eigenvalue weighted by Crippen LogP contribution is -2.54. The van der Waals surface area contributed by atoms with Crippen molar-refractivity contribution in [3.63, 3.8) is 0 Å². The molecule has 50 heavy (non-hydrogen) atoms. The molecule has 5 rings (SSSR count). The van der Waals surface area contributed by atoms with Crippen molar-refractivity contribution in [2.45, 2.75) is 62.6 Å². The topological polar surface area (TPSA) is 114 Å². The number of methoxy groups -OCH3 is 3. The zero-order valence-electron chi connectivity index (χ0n) is 29.0. The van der Waals surface area contributed by atoms with E-state index in [0.717, 1.165) is 46.7 Å². The third kappa shape index (κ3) is 8.76. The Hall–Kier alpha value is -5.03. The van der Waals surface area contributed by atoms with Crippen molar-refractivity contribution in [3.05, 3.63) is 114 Å². The number of hydrogen-bond acceptors (Lipinski definition) is 7. The fourth-order valence-corrected chi connectivity index (χ4v) is 7.64. The standard InChI is InChI=1S/C39H45N3O7S/c1-28-17-20-34(21-18-28)50(45,46)42(32-19-22-36(48-3)37(25-32)49-4)27-38(43)41(26-30-13-10-16-33(23-30)47-2)35(24-29-11-6-5-7-12-29)39(44)40-31-14-8-9-15-31/h5-7,10-13,16-23,25,31,35H,8-9,14-15,24,26-27H2,1-4H3,(H,40,44)/t35-/m1/s1. The van der Waals surface area contributed by atoms with Crippen molar-refractivity contribution >= 4 is 27.5 Å². The van der Waals surface area contributed by atoms with E-state index in [4.69, 9.17) is 14.2 Å². The predicted molar refractivity (Wildman–Crippen MR) is 193 cm³/mol. The summed E-state index contributed by atoms with van der Waals surface area (Å²) < 4.78 is 46.3. The maximum absolute atomic E-state index is 14.8. The number of anilines is 1. The zero-order valence-corrected chi connectivity index (χ0v) is 29.8. The third-order valence-corrected chi connectivity index (χ3v) is 10.8. The first-order valence-corrected chi connectivity index (χ1v) is 18.1. The summed E-state index contributed by atoms with van der Waals surface area (Å²) in [5.41, 5.74) is 2.68. The largest absolute Gasteiger partial charge is 0.497 e. The average molecular weight is 700 g/mol. The Kier molecular flexibility index (Phi) is 12.0. The molecule has 4 aromatic carbocycles. The van der Waals surface area contributed by atoms with E-state index < -0.39 is 28.5 Å². The van der Waals surface area contributed by atoms with Gasteiger partial charge in [-0.25, -0.2) is 8.42 Å². The van der Waals surface area contributed by atoms with E-state index in [2.05, 4.69) is 5.32 Å². The van der Waals surface area contributed by atoms with Crippen LogP contribution < -0.4 is 23.8 Å². The highest BCUT2D eigenvalue weighted by Crippen LogP contribution is 2.34. The van der Waals surface area contributed by atoms with Gasteiger partial charge < -0.3 is 24.4 Å². The Labute approximate surface area is 295 Å². The summed E-state index contributed by atoms with van der Waals surface area (Å²) in [6.45, 7) is 1.32. The highest BCUT2D eigenvalue weighted by molar-refractivity contribution is 7.92. The Morgan fingerprint density at radius 1 is 0.800 bits per heavy atom. The van der Waals surface area contributed by atoms with Crippen LogP contribution in [0.3, 0.4) is 0 Å². The molecule has 0 bridgehead atoms. The van der Waals surface area contributed by atoms with E-state index in [-0.39, 0.29) is 35.5 Å². The summed E-state index contributed by atoms with van der Waals surface area (Å²) in [5.74, 6) is 0.463. The van der Waals surface area contributed by atoms with E-state index in [1.807, 2.05) is 55.5 Å². The fourth-order valence-electron chi connectivity index (χ4n) is 6.24. The van der Waals surface area contributed by atoms with Gasteiger partial charge in [-0.2, -0.15) is 0 Å². The summed E-state index contributed by atoms with van der Waals surface area (Å²) in [4.78, 5) is 30.6. The minimum Gasteiger partial charge on any atom is -0.497 e. The van der Waals surface area contributed by atoms with Crippen LogP contribution in [0.15, 0.2) is 102 Å². The lowest BCUT2D eigenvalue weighted by molar-refractivity contribution is -0.140. The zero-order chi connectivity index (χ0) is 35.7. The van der Waals surface area contributed by atoms with E-state index >= 15 is 0 Å². The van der Waals surface area contributed by atoms with Gasteiger partial charge in [0, 0.05) is 25.1 Å². The number of rotatable bonds is 15. The smallest absolute Gasteiger partial charge is 0.264 e. The first-order chi connectivity index (χ1) is 24.1. The van der Waals surface area contributed by atoms with Crippen LogP contribution in [0.2, 0.25) is 0 Å². The number of hydrogen-bond donors (Lipinski definition) is 1. The van der Waals surface area contributed by atoms with E-state index in [0.29, 0.717) is 17.2 Å². The fraction of sp³-hybridized carbons (Fsp3) is 0.333. The minimum absolute atomic E-state index is 0.0136. The summed E-state index contributed by atoms with van der Waals surface area (Å²) >= 11 is 0. The molecule has 0 aromatic heterocycles. The number of nitrogens with one attached hydrogen (secondary N) is 1. The van der Waals surface area contributed by atoms with Crippen molar-refractivity contribution in [1.29, 1.82) is 0 Å². The van der Waals surface area contributed by atoms with Crippen LogP contribution in [0.1, 0.15) is 42.4 Å². The molecule has 11 heteroatoms. The van der Waals surface area contributed by atoms with E-state index in [1.165, 1.54) is 37.3 Å². The molecule has 1 aliphatic carbocycles. The summed E-state index contributed by atoms with van der Waals surface area (Å²) in [6, 6.07) is 27.0. The SMILES string of the molecule is COc1cccc(CN(C(=O)CN(c2ccc(OC)c(OC)c2)S(=O)(=O)c2ccc(C)cc2)[C@H](Cc2ccccc2)C(=O)NC2CCCC2)c1. The number of carbonyl (C=O) groups is 2. The van der Waals surface area contributed by atoms with Gasteiger partial charge in [-0.1, -0.05) is 73.0 Å². The molecule has 0 heterocycles. The average Bonchev–Trinajstić information content (AvgIpc) is 3.65. The molecule has 1 saturated carbocycles. The molecule has 1 fully saturated rings. The van der Waals surface area contributed by atoms with Crippen molar-refractivity contribution in [1.82, 2.24) is 10.2 Å². The second kappa shape index (κ2) is 16.6. The van der Waals surface area contributed by atoms with Gasteiger partial charge in [0.1, 0.15) is 18.3 Å². The summed E-state index contributed by atoms with van der Waals surface area (Å²) in [7, 11) is 0.224. The molecule has 1 N–H and O–H groups in total. The number of amides is 2. The molecule has 0 spiro atoms. The molecular formula is C39H45N3O7S. The molecule has 0 aliphatic heterocycles. The van der Waals surface area contributed by atoms with Gasteiger partial charge in [0.25, 0.3) is 10.0 Å². The summed E-state index contributed by atoms with van der Waals surface area (Å²) in [6.07, 6.45) is 4.02. The molecule has 0 radical (unpaired) electrons. The van der Waals surface area contributed by atoms with Crippen molar-refractivity contribution in [2.75, 3.05) is 32.2 Å². The lowest BCUT2D eigenvalue weighted by Gasteiger charge is -2.34. The molecule has 1 atom stereocenters. The number of aryl methyl sites for hydroxylation is 1.